The Morgan fingerprint density at radius 1 is 1.38 bits per heavy atom. The van der Waals surface area contributed by atoms with Gasteiger partial charge in [-0.05, 0) is 19.1 Å². The molecule has 2 N–H and O–H groups in total. The van der Waals surface area contributed by atoms with E-state index in [1.807, 2.05) is 6.26 Å². The van der Waals surface area contributed by atoms with Crippen molar-refractivity contribution in [2.45, 2.75) is 37.5 Å². The van der Waals surface area contributed by atoms with E-state index in [9.17, 15) is 9.59 Å². The van der Waals surface area contributed by atoms with Gasteiger partial charge >= 0.3 is 12.0 Å². The number of carbonyl (C=O) groups is 2. The maximum absolute atomic E-state index is 12.2. The lowest BCUT2D eigenvalue weighted by atomic mass is 10.0. The first-order chi connectivity index (χ1) is 9.90. The summed E-state index contributed by atoms with van der Waals surface area (Å²) in [6.45, 7) is 5.24. The number of ether oxygens (including phenoxy) is 1. The number of carboxylic acids is 1. The topological polar surface area (TPSA) is 78.9 Å². The molecule has 6 nitrogen and oxygen atoms in total. The first kappa shape index (κ1) is 18.1. The van der Waals surface area contributed by atoms with Crippen LogP contribution in [-0.4, -0.2) is 65.9 Å². The first-order valence-electron chi connectivity index (χ1n) is 7.27. The molecule has 1 fully saturated rings. The number of amides is 2. The number of urea groups is 1. The summed E-state index contributed by atoms with van der Waals surface area (Å²) in [5.74, 6) is -1.57. The summed E-state index contributed by atoms with van der Waals surface area (Å²) < 4.78 is 5.24. The van der Waals surface area contributed by atoms with Crippen molar-refractivity contribution >= 4 is 23.8 Å². The molecule has 0 aromatic carbocycles. The highest BCUT2D eigenvalue weighted by molar-refractivity contribution is 8.00. The molecule has 0 bridgehead atoms. The van der Waals surface area contributed by atoms with Crippen LogP contribution < -0.4 is 5.32 Å². The number of carbonyl (C=O) groups excluding carboxylic acids is 1. The van der Waals surface area contributed by atoms with Gasteiger partial charge in [-0.3, -0.25) is 4.79 Å². The van der Waals surface area contributed by atoms with Gasteiger partial charge < -0.3 is 20.1 Å². The lowest BCUT2D eigenvalue weighted by molar-refractivity contribution is -0.142. The third-order valence-electron chi connectivity index (χ3n) is 4.47. The molecular formula is C14H26N2O4S. The van der Waals surface area contributed by atoms with E-state index in [4.69, 9.17) is 9.84 Å². The predicted molar refractivity (Wildman–Crippen MR) is 83.7 cm³/mol. The molecule has 0 spiro atoms. The van der Waals surface area contributed by atoms with Crippen LogP contribution >= 0.6 is 11.8 Å². The van der Waals surface area contributed by atoms with E-state index in [0.29, 0.717) is 6.54 Å². The smallest absolute Gasteiger partial charge is 0.317 e. The van der Waals surface area contributed by atoms with Gasteiger partial charge in [-0.15, -0.1) is 0 Å². The third kappa shape index (κ3) is 4.26. The molecule has 0 aromatic heterocycles. The molecule has 2 amide bonds. The second-order valence-electron chi connectivity index (χ2n) is 5.41. The van der Waals surface area contributed by atoms with Crippen molar-refractivity contribution in [3.63, 3.8) is 0 Å². The normalized spacial score (nSPS) is 22.1. The van der Waals surface area contributed by atoms with Crippen molar-refractivity contribution in [1.29, 1.82) is 0 Å². The number of hydrogen-bond donors (Lipinski definition) is 2. The Morgan fingerprint density at radius 3 is 2.48 bits per heavy atom. The highest BCUT2D eigenvalue weighted by Crippen LogP contribution is 2.29. The number of rotatable bonds is 7. The number of carboxylic acid groups (broad SMARTS) is 1. The molecule has 1 heterocycles. The minimum absolute atomic E-state index is 0.0366. The van der Waals surface area contributed by atoms with Crippen molar-refractivity contribution < 1.29 is 19.4 Å². The largest absolute Gasteiger partial charge is 0.481 e. The summed E-state index contributed by atoms with van der Waals surface area (Å²) in [6, 6.07) is -0.647. The van der Waals surface area contributed by atoms with Crippen LogP contribution in [0.1, 0.15) is 26.7 Å². The van der Waals surface area contributed by atoms with Crippen LogP contribution in [0.2, 0.25) is 0 Å². The van der Waals surface area contributed by atoms with E-state index in [0.717, 1.165) is 12.8 Å². The second kappa shape index (κ2) is 7.89. The monoisotopic (exact) mass is 318 g/mol. The molecule has 21 heavy (non-hydrogen) atoms. The highest BCUT2D eigenvalue weighted by Gasteiger charge is 2.38. The summed E-state index contributed by atoms with van der Waals surface area (Å²) in [5, 5.41) is 12.1. The third-order valence-corrected chi connectivity index (χ3v) is 6.06. The Bertz CT molecular complexity index is 366. The van der Waals surface area contributed by atoms with Gasteiger partial charge in [0.1, 0.15) is 5.92 Å². The second-order valence-corrected chi connectivity index (χ2v) is 6.69. The van der Waals surface area contributed by atoms with Crippen LogP contribution in [0.15, 0.2) is 0 Å². The van der Waals surface area contributed by atoms with Gasteiger partial charge in [0.05, 0.1) is 19.3 Å². The van der Waals surface area contributed by atoms with E-state index < -0.39 is 17.9 Å². The minimum atomic E-state index is -0.919. The molecular weight excluding hydrogens is 292 g/mol. The van der Waals surface area contributed by atoms with E-state index in [2.05, 4.69) is 19.2 Å². The van der Waals surface area contributed by atoms with Crippen LogP contribution in [-0.2, 0) is 9.53 Å². The number of thioether (sulfide) groups is 1. The Kier molecular flexibility index (Phi) is 6.80. The van der Waals surface area contributed by atoms with Crippen molar-refractivity contribution in [2.24, 2.45) is 5.92 Å². The molecule has 2 unspecified atom stereocenters. The molecule has 7 heteroatoms. The average Bonchev–Trinajstić information content (AvgIpc) is 2.97. The molecule has 0 aliphatic carbocycles. The van der Waals surface area contributed by atoms with E-state index in [1.54, 1.807) is 18.8 Å². The summed E-state index contributed by atoms with van der Waals surface area (Å²) in [5.41, 5.74) is 0. The zero-order valence-electron chi connectivity index (χ0n) is 13.2. The van der Waals surface area contributed by atoms with E-state index in [1.165, 1.54) is 4.90 Å². The van der Waals surface area contributed by atoms with Gasteiger partial charge in [0.25, 0.3) is 0 Å². The fraction of sp³-hybridized carbons (Fsp3) is 0.857. The Hall–Kier alpha value is -0.950. The molecule has 1 aliphatic rings. The van der Waals surface area contributed by atoms with Gasteiger partial charge in [-0.2, -0.15) is 11.8 Å². The molecule has 0 radical (unpaired) electrons. The molecule has 1 saturated heterocycles. The van der Waals surface area contributed by atoms with Gasteiger partial charge in [0, 0.05) is 18.3 Å². The van der Waals surface area contributed by atoms with E-state index in [-0.39, 0.29) is 24.0 Å². The van der Waals surface area contributed by atoms with Crippen LogP contribution in [0.3, 0.4) is 0 Å². The van der Waals surface area contributed by atoms with Crippen LogP contribution in [0.5, 0.6) is 0 Å². The van der Waals surface area contributed by atoms with Gasteiger partial charge in [-0.25, -0.2) is 4.79 Å². The summed E-state index contributed by atoms with van der Waals surface area (Å²) >= 11 is 1.76. The zero-order valence-corrected chi connectivity index (χ0v) is 14.0. The summed E-state index contributed by atoms with van der Waals surface area (Å²) in [4.78, 5) is 24.9. The quantitative estimate of drug-likeness (QED) is 0.746. The Morgan fingerprint density at radius 2 is 2.00 bits per heavy atom. The fourth-order valence-electron chi connectivity index (χ4n) is 2.53. The molecule has 0 saturated carbocycles. The predicted octanol–water partition coefficient (Wildman–Crippen LogP) is 1.65. The molecule has 1 rings (SSSR count). The zero-order chi connectivity index (χ0) is 16.0. The number of aliphatic carboxylic acids is 1. The number of hydrogen-bond acceptors (Lipinski definition) is 4. The van der Waals surface area contributed by atoms with Crippen molar-refractivity contribution in [3.8, 4) is 0 Å². The van der Waals surface area contributed by atoms with Crippen molar-refractivity contribution in [1.82, 2.24) is 10.2 Å². The molecule has 2 atom stereocenters. The standard InChI is InChI=1S/C14H26N2O4S/c1-5-14(6-2,21-4)9-15-13(19)16(3)11-8-20-7-10(11)12(17)18/h10-11H,5-9H2,1-4H3,(H,15,19)(H,17,18). The lowest BCUT2D eigenvalue weighted by Crippen LogP contribution is -2.51. The summed E-state index contributed by atoms with van der Waals surface area (Å²) in [6.07, 6.45) is 3.99. The first-order valence-corrected chi connectivity index (χ1v) is 8.49. The van der Waals surface area contributed by atoms with Gasteiger partial charge in [0.2, 0.25) is 0 Å². The van der Waals surface area contributed by atoms with Crippen LogP contribution in [0, 0.1) is 5.92 Å². The molecule has 122 valence electrons. The SMILES string of the molecule is CCC(CC)(CNC(=O)N(C)C1COCC1C(=O)O)SC. The van der Waals surface area contributed by atoms with Gasteiger partial charge in [0.15, 0.2) is 0 Å². The Labute approximate surface area is 130 Å². The van der Waals surface area contributed by atoms with Crippen molar-refractivity contribution in [3.05, 3.63) is 0 Å². The maximum atomic E-state index is 12.2. The van der Waals surface area contributed by atoms with Crippen LogP contribution in [0.25, 0.3) is 0 Å². The maximum Gasteiger partial charge on any atom is 0.317 e. The average molecular weight is 318 g/mol. The Balaban J connectivity index is 2.60. The fourth-order valence-corrected chi connectivity index (χ4v) is 3.33. The highest BCUT2D eigenvalue weighted by atomic mass is 32.2. The van der Waals surface area contributed by atoms with Crippen molar-refractivity contribution in [2.75, 3.05) is 33.1 Å². The number of nitrogens with one attached hydrogen (secondary N) is 1. The minimum Gasteiger partial charge on any atom is -0.481 e. The number of nitrogens with zero attached hydrogens (tertiary/aromatic N) is 1. The lowest BCUT2D eigenvalue weighted by Gasteiger charge is -2.32. The molecule has 0 aromatic rings. The summed E-state index contributed by atoms with van der Waals surface area (Å²) in [7, 11) is 1.63. The molecule has 1 aliphatic heterocycles. The number of likely N-dealkylation sites (N-methyl/N-ethyl adjacent to an activating group) is 1. The van der Waals surface area contributed by atoms with Crippen LogP contribution in [0.4, 0.5) is 4.79 Å². The van der Waals surface area contributed by atoms with E-state index >= 15 is 0 Å². The van der Waals surface area contributed by atoms with Gasteiger partial charge in [-0.1, -0.05) is 13.8 Å².